The SMILES string of the molecule is COc1ccnc(CN(C)C(=O)C[C@@H]2CC[C@H](CNC(C)=O)N2C)c1.O=CO. The summed E-state index contributed by atoms with van der Waals surface area (Å²) >= 11 is 0. The van der Waals surface area contributed by atoms with E-state index in [2.05, 4.69) is 15.2 Å². The number of hydrogen-bond acceptors (Lipinski definition) is 6. The fourth-order valence-electron chi connectivity index (χ4n) is 3.20. The standard InChI is InChI=1S/C18H28N4O3.CH2O2/c1-13(23)20-11-16-6-5-15(22(16)3)10-18(24)21(2)12-14-9-17(25-4)7-8-19-14;2-1-3/h7-9,15-16H,5-6,10-12H2,1-4H3,(H,20,23);1H,(H,2,3)/t15-,16+;/m0./s1. The van der Waals surface area contributed by atoms with Crippen LogP contribution in [0.15, 0.2) is 18.3 Å². The Labute approximate surface area is 165 Å². The molecule has 0 aromatic carbocycles. The van der Waals surface area contributed by atoms with Gasteiger partial charge in [-0.05, 0) is 26.0 Å². The molecule has 156 valence electrons. The number of likely N-dealkylation sites (N-methyl/N-ethyl adjacent to an activating group) is 1. The number of carbonyl (C=O) groups excluding carboxylic acids is 2. The molecule has 2 atom stereocenters. The number of nitrogens with one attached hydrogen (secondary N) is 1. The number of ether oxygens (including phenoxy) is 1. The molecule has 28 heavy (non-hydrogen) atoms. The molecule has 0 unspecified atom stereocenters. The lowest BCUT2D eigenvalue weighted by molar-refractivity contribution is -0.131. The van der Waals surface area contributed by atoms with E-state index in [1.165, 1.54) is 6.92 Å². The summed E-state index contributed by atoms with van der Waals surface area (Å²) in [4.78, 5) is 40.2. The van der Waals surface area contributed by atoms with Crippen LogP contribution in [0.1, 0.15) is 31.9 Å². The highest BCUT2D eigenvalue weighted by molar-refractivity contribution is 5.76. The molecule has 1 saturated heterocycles. The second kappa shape index (κ2) is 11.9. The molecule has 2 rings (SSSR count). The van der Waals surface area contributed by atoms with Gasteiger partial charge in [-0.25, -0.2) is 0 Å². The van der Waals surface area contributed by atoms with Crippen LogP contribution in [0, 0.1) is 0 Å². The zero-order valence-corrected chi connectivity index (χ0v) is 16.9. The van der Waals surface area contributed by atoms with E-state index in [0.717, 1.165) is 24.3 Å². The molecule has 0 bridgehead atoms. The van der Waals surface area contributed by atoms with Crippen molar-refractivity contribution in [1.29, 1.82) is 0 Å². The van der Waals surface area contributed by atoms with Crippen LogP contribution in [0.25, 0.3) is 0 Å². The van der Waals surface area contributed by atoms with Gasteiger partial charge in [-0.2, -0.15) is 0 Å². The molecule has 9 nitrogen and oxygen atoms in total. The molecule has 0 aliphatic carbocycles. The molecular formula is C19H30N4O5. The van der Waals surface area contributed by atoms with Crippen LogP contribution >= 0.6 is 0 Å². The zero-order valence-electron chi connectivity index (χ0n) is 16.9. The highest BCUT2D eigenvalue weighted by atomic mass is 16.5. The number of aromatic nitrogens is 1. The van der Waals surface area contributed by atoms with Crippen molar-refractivity contribution in [3.05, 3.63) is 24.0 Å². The largest absolute Gasteiger partial charge is 0.497 e. The molecule has 2 N–H and O–H groups in total. The van der Waals surface area contributed by atoms with Gasteiger partial charge in [0, 0.05) is 51.3 Å². The molecular weight excluding hydrogens is 364 g/mol. The molecule has 1 fully saturated rings. The van der Waals surface area contributed by atoms with E-state index in [0.29, 0.717) is 25.6 Å². The number of carboxylic acid groups (broad SMARTS) is 1. The van der Waals surface area contributed by atoms with E-state index in [9.17, 15) is 9.59 Å². The van der Waals surface area contributed by atoms with Crippen molar-refractivity contribution in [3.8, 4) is 5.75 Å². The van der Waals surface area contributed by atoms with E-state index >= 15 is 0 Å². The second-order valence-electron chi connectivity index (χ2n) is 6.73. The Balaban J connectivity index is 0.00000122. The molecule has 0 spiro atoms. The molecule has 1 aromatic rings. The van der Waals surface area contributed by atoms with E-state index in [4.69, 9.17) is 14.6 Å². The van der Waals surface area contributed by atoms with E-state index in [1.807, 2.05) is 13.1 Å². The van der Waals surface area contributed by atoms with Gasteiger partial charge in [0.25, 0.3) is 6.47 Å². The molecule has 2 amide bonds. The van der Waals surface area contributed by atoms with E-state index in [1.54, 1.807) is 31.3 Å². The van der Waals surface area contributed by atoms with Gasteiger partial charge in [-0.15, -0.1) is 0 Å². The van der Waals surface area contributed by atoms with Crippen molar-refractivity contribution < 1.29 is 24.2 Å². The number of carbonyl (C=O) groups is 3. The normalized spacial score (nSPS) is 18.6. The average molecular weight is 394 g/mol. The monoisotopic (exact) mass is 394 g/mol. The lowest BCUT2D eigenvalue weighted by atomic mass is 10.1. The summed E-state index contributed by atoms with van der Waals surface area (Å²) < 4.78 is 5.19. The fourth-order valence-corrected chi connectivity index (χ4v) is 3.20. The number of hydrogen-bond donors (Lipinski definition) is 2. The third-order valence-electron chi connectivity index (χ3n) is 4.83. The number of amides is 2. The first kappa shape index (κ1) is 23.4. The maximum atomic E-state index is 12.5. The number of rotatable bonds is 7. The van der Waals surface area contributed by atoms with Crippen LogP contribution in [0.5, 0.6) is 5.75 Å². The lowest BCUT2D eigenvalue weighted by Crippen LogP contribution is -2.42. The predicted molar refractivity (Wildman–Crippen MR) is 104 cm³/mol. The summed E-state index contributed by atoms with van der Waals surface area (Å²) in [5, 5.41) is 9.75. The summed E-state index contributed by atoms with van der Waals surface area (Å²) in [6, 6.07) is 4.14. The van der Waals surface area contributed by atoms with E-state index < -0.39 is 0 Å². The van der Waals surface area contributed by atoms with Gasteiger partial charge in [0.1, 0.15) is 5.75 Å². The summed E-state index contributed by atoms with van der Waals surface area (Å²) in [7, 11) is 5.44. The third-order valence-corrected chi connectivity index (χ3v) is 4.83. The van der Waals surface area contributed by atoms with Crippen LogP contribution in [0.2, 0.25) is 0 Å². The van der Waals surface area contributed by atoms with Crippen LogP contribution in [0.4, 0.5) is 0 Å². The Hall–Kier alpha value is -2.68. The summed E-state index contributed by atoms with van der Waals surface area (Å²) in [6.45, 7) is 2.37. The van der Waals surface area contributed by atoms with Crippen molar-refractivity contribution in [3.63, 3.8) is 0 Å². The molecule has 1 aliphatic heterocycles. The van der Waals surface area contributed by atoms with Gasteiger partial charge in [0.2, 0.25) is 11.8 Å². The highest BCUT2D eigenvalue weighted by Crippen LogP contribution is 2.25. The minimum absolute atomic E-state index is 0.0153. The number of nitrogens with zero attached hydrogens (tertiary/aromatic N) is 3. The fraction of sp³-hybridized carbons (Fsp3) is 0.579. The maximum absolute atomic E-state index is 12.5. The molecule has 1 aliphatic rings. The van der Waals surface area contributed by atoms with Crippen molar-refractivity contribution in [1.82, 2.24) is 20.1 Å². The number of likely N-dealkylation sites (tertiary alicyclic amines) is 1. The maximum Gasteiger partial charge on any atom is 0.290 e. The van der Waals surface area contributed by atoms with Gasteiger partial charge in [-0.3, -0.25) is 24.3 Å². The van der Waals surface area contributed by atoms with Crippen LogP contribution in [0.3, 0.4) is 0 Å². The Morgan fingerprint density at radius 3 is 2.68 bits per heavy atom. The Morgan fingerprint density at radius 2 is 2.07 bits per heavy atom. The summed E-state index contributed by atoms with van der Waals surface area (Å²) in [5.41, 5.74) is 0.804. The minimum atomic E-state index is -0.250. The first-order valence-electron chi connectivity index (χ1n) is 9.09. The van der Waals surface area contributed by atoms with Crippen molar-refractivity contribution in [2.24, 2.45) is 0 Å². The van der Waals surface area contributed by atoms with Crippen molar-refractivity contribution in [2.75, 3.05) is 27.7 Å². The van der Waals surface area contributed by atoms with Gasteiger partial charge < -0.3 is 20.1 Å². The highest BCUT2D eigenvalue weighted by Gasteiger charge is 2.32. The van der Waals surface area contributed by atoms with Gasteiger partial charge in [0.05, 0.1) is 19.3 Å². The van der Waals surface area contributed by atoms with Gasteiger partial charge in [0.15, 0.2) is 0 Å². The number of methoxy groups -OCH3 is 1. The topological polar surface area (TPSA) is 112 Å². The Bertz CT molecular complexity index is 655. The average Bonchev–Trinajstić information content (AvgIpc) is 3.00. The summed E-state index contributed by atoms with van der Waals surface area (Å²) in [6.07, 6.45) is 4.13. The number of pyridine rings is 1. The summed E-state index contributed by atoms with van der Waals surface area (Å²) in [5.74, 6) is 0.822. The quantitative estimate of drug-likeness (QED) is 0.656. The Kier molecular flexibility index (Phi) is 9.94. The van der Waals surface area contributed by atoms with Crippen LogP contribution < -0.4 is 10.1 Å². The molecule has 1 aromatic heterocycles. The zero-order chi connectivity index (χ0) is 21.1. The van der Waals surface area contributed by atoms with Crippen molar-refractivity contribution >= 4 is 18.3 Å². The molecule has 2 heterocycles. The van der Waals surface area contributed by atoms with Gasteiger partial charge >= 0.3 is 0 Å². The first-order valence-corrected chi connectivity index (χ1v) is 9.09. The predicted octanol–water partition coefficient (Wildman–Crippen LogP) is 0.738. The van der Waals surface area contributed by atoms with Crippen LogP contribution in [-0.2, 0) is 20.9 Å². The molecule has 9 heteroatoms. The Morgan fingerprint density at radius 1 is 1.43 bits per heavy atom. The van der Waals surface area contributed by atoms with E-state index in [-0.39, 0.29) is 24.3 Å². The molecule has 0 radical (unpaired) electrons. The lowest BCUT2D eigenvalue weighted by Gasteiger charge is -2.27. The smallest absolute Gasteiger partial charge is 0.290 e. The molecule has 0 saturated carbocycles. The first-order chi connectivity index (χ1) is 13.3. The second-order valence-corrected chi connectivity index (χ2v) is 6.73. The van der Waals surface area contributed by atoms with Crippen molar-refractivity contribution in [2.45, 2.75) is 44.8 Å². The third kappa shape index (κ3) is 7.51. The van der Waals surface area contributed by atoms with Crippen LogP contribution in [-0.4, -0.2) is 78.0 Å². The minimum Gasteiger partial charge on any atom is -0.497 e. The van der Waals surface area contributed by atoms with Gasteiger partial charge in [-0.1, -0.05) is 0 Å².